The quantitative estimate of drug-likeness (QED) is 0.429. The highest BCUT2D eigenvalue weighted by molar-refractivity contribution is 9.10. The van der Waals surface area contributed by atoms with Crippen LogP contribution in [0.2, 0.25) is 0 Å². The Balaban J connectivity index is 2.01. The summed E-state index contributed by atoms with van der Waals surface area (Å²) in [7, 11) is 0. The summed E-state index contributed by atoms with van der Waals surface area (Å²) < 4.78 is 0.891. The topological polar surface area (TPSA) is 76.3 Å². The van der Waals surface area contributed by atoms with Gasteiger partial charge in [-0.05, 0) is 49.4 Å². The number of aryl methyl sites for hydroxylation is 1. The molecule has 0 bridgehead atoms. The number of hydrogen-bond donors (Lipinski definition) is 0. The lowest BCUT2D eigenvalue weighted by Gasteiger charge is -2.23. The van der Waals surface area contributed by atoms with Crippen LogP contribution in [0.5, 0.6) is 0 Å². The number of anilines is 1. The Kier molecular flexibility index (Phi) is 5.61. The van der Waals surface area contributed by atoms with Crippen molar-refractivity contribution >= 4 is 33.2 Å². The normalized spacial score (nSPS) is 10.4. The van der Waals surface area contributed by atoms with Crippen molar-refractivity contribution in [3.63, 3.8) is 0 Å². The third-order valence-corrected chi connectivity index (χ3v) is 4.61. The number of carbonyl (C=O) groups is 1. The molecule has 0 saturated carbocycles. The average molecular weight is 426 g/mol. The third kappa shape index (κ3) is 4.38. The van der Waals surface area contributed by atoms with Crippen molar-refractivity contribution in [3.8, 4) is 0 Å². The first-order valence-electron chi connectivity index (χ1n) is 8.18. The summed E-state index contributed by atoms with van der Waals surface area (Å²) in [5, 5.41) is 11.2. The summed E-state index contributed by atoms with van der Waals surface area (Å²) in [5.41, 5.74) is 2.09. The smallest absolute Gasteiger partial charge is 0.273 e. The number of nitrogens with zero attached hydrogens (tertiary/aromatic N) is 3. The zero-order chi connectivity index (χ0) is 19.4. The van der Waals surface area contributed by atoms with E-state index in [2.05, 4.69) is 20.9 Å². The number of amides is 1. The number of rotatable bonds is 5. The predicted octanol–water partition coefficient (Wildman–Crippen LogP) is 4.91. The summed E-state index contributed by atoms with van der Waals surface area (Å²) in [6.45, 7) is 1.90. The number of benzene rings is 2. The first-order chi connectivity index (χ1) is 13.0. The largest absolute Gasteiger partial charge is 0.302 e. The van der Waals surface area contributed by atoms with E-state index < -0.39 is 4.92 Å². The minimum atomic E-state index is -0.477. The molecule has 0 aliphatic heterocycles. The van der Waals surface area contributed by atoms with Crippen molar-refractivity contribution in [2.24, 2.45) is 0 Å². The Morgan fingerprint density at radius 2 is 1.89 bits per heavy atom. The summed E-state index contributed by atoms with van der Waals surface area (Å²) in [6.07, 6.45) is 1.66. The SMILES string of the molecule is Cc1ccc(C(=O)N(Cc2ccccn2)c2ccc(Br)cc2)cc1[N+](=O)[O-]. The number of hydrogen-bond acceptors (Lipinski definition) is 4. The van der Waals surface area contributed by atoms with Gasteiger partial charge in [0, 0.05) is 33.6 Å². The molecular weight excluding hydrogens is 410 g/mol. The van der Waals surface area contributed by atoms with Crippen LogP contribution in [0.15, 0.2) is 71.3 Å². The Hall–Kier alpha value is -3.06. The van der Waals surface area contributed by atoms with E-state index in [-0.39, 0.29) is 23.7 Å². The zero-order valence-corrected chi connectivity index (χ0v) is 16.1. The molecular formula is C20H16BrN3O3. The van der Waals surface area contributed by atoms with Gasteiger partial charge in [-0.3, -0.25) is 19.9 Å². The van der Waals surface area contributed by atoms with Crippen LogP contribution >= 0.6 is 15.9 Å². The maximum atomic E-state index is 13.2. The molecule has 0 fully saturated rings. The van der Waals surface area contributed by atoms with E-state index in [0.717, 1.165) is 10.2 Å². The molecule has 0 N–H and O–H groups in total. The maximum absolute atomic E-state index is 13.2. The molecule has 3 rings (SSSR count). The molecule has 2 aromatic carbocycles. The fraction of sp³-hybridized carbons (Fsp3) is 0.100. The number of halogens is 1. The van der Waals surface area contributed by atoms with Crippen LogP contribution in [0.1, 0.15) is 21.6 Å². The molecule has 6 nitrogen and oxygen atoms in total. The highest BCUT2D eigenvalue weighted by Gasteiger charge is 2.22. The van der Waals surface area contributed by atoms with E-state index in [4.69, 9.17) is 0 Å². The van der Waals surface area contributed by atoms with Gasteiger partial charge in [0.2, 0.25) is 0 Å². The molecule has 3 aromatic rings. The van der Waals surface area contributed by atoms with E-state index in [0.29, 0.717) is 11.3 Å². The Morgan fingerprint density at radius 3 is 2.52 bits per heavy atom. The summed E-state index contributed by atoms with van der Waals surface area (Å²) in [6, 6.07) is 17.3. The Morgan fingerprint density at radius 1 is 1.15 bits per heavy atom. The van der Waals surface area contributed by atoms with Gasteiger partial charge in [0.15, 0.2) is 0 Å². The zero-order valence-electron chi connectivity index (χ0n) is 14.5. The van der Waals surface area contributed by atoms with Crippen molar-refractivity contribution in [2.45, 2.75) is 13.5 Å². The maximum Gasteiger partial charge on any atom is 0.273 e. The Bertz CT molecular complexity index is 976. The number of pyridine rings is 1. The number of aromatic nitrogens is 1. The van der Waals surface area contributed by atoms with Gasteiger partial charge in [0.1, 0.15) is 0 Å². The predicted molar refractivity (Wildman–Crippen MR) is 107 cm³/mol. The molecule has 0 aliphatic rings. The van der Waals surface area contributed by atoms with Crippen molar-refractivity contribution in [1.29, 1.82) is 0 Å². The van der Waals surface area contributed by atoms with E-state index in [1.165, 1.54) is 6.07 Å². The van der Waals surface area contributed by atoms with E-state index in [9.17, 15) is 14.9 Å². The summed E-state index contributed by atoms with van der Waals surface area (Å²) >= 11 is 3.39. The van der Waals surface area contributed by atoms with Crippen LogP contribution < -0.4 is 4.90 Å². The van der Waals surface area contributed by atoms with Gasteiger partial charge in [0.05, 0.1) is 17.2 Å². The number of nitro benzene ring substituents is 1. The molecule has 1 aromatic heterocycles. The monoisotopic (exact) mass is 425 g/mol. The van der Waals surface area contributed by atoms with Gasteiger partial charge in [-0.15, -0.1) is 0 Å². The second-order valence-corrected chi connectivity index (χ2v) is 6.86. The van der Waals surface area contributed by atoms with Gasteiger partial charge < -0.3 is 4.90 Å². The fourth-order valence-corrected chi connectivity index (χ4v) is 2.91. The highest BCUT2D eigenvalue weighted by Crippen LogP contribution is 2.25. The summed E-state index contributed by atoms with van der Waals surface area (Å²) in [5.74, 6) is -0.328. The van der Waals surface area contributed by atoms with E-state index in [1.807, 2.05) is 36.4 Å². The minimum Gasteiger partial charge on any atom is -0.302 e. The van der Waals surface area contributed by atoms with Crippen molar-refractivity contribution in [2.75, 3.05) is 4.90 Å². The molecule has 0 spiro atoms. The van der Waals surface area contributed by atoms with Gasteiger partial charge in [-0.25, -0.2) is 0 Å². The van der Waals surface area contributed by atoms with E-state index >= 15 is 0 Å². The average Bonchev–Trinajstić information content (AvgIpc) is 2.67. The molecule has 0 saturated heterocycles. The van der Waals surface area contributed by atoms with Gasteiger partial charge in [0.25, 0.3) is 11.6 Å². The van der Waals surface area contributed by atoms with Crippen LogP contribution in [-0.4, -0.2) is 15.8 Å². The number of nitro groups is 1. The first-order valence-corrected chi connectivity index (χ1v) is 8.97. The Labute approximate surface area is 164 Å². The molecule has 7 heteroatoms. The highest BCUT2D eigenvalue weighted by atomic mass is 79.9. The van der Waals surface area contributed by atoms with E-state index in [1.54, 1.807) is 36.2 Å². The van der Waals surface area contributed by atoms with Crippen LogP contribution in [-0.2, 0) is 6.54 Å². The molecule has 1 amide bonds. The minimum absolute atomic E-state index is 0.0746. The fourth-order valence-electron chi connectivity index (χ4n) is 2.65. The van der Waals surface area contributed by atoms with Gasteiger partial charge >= 0.3 is 0 Å². The molecule has 0 radical (unpaired) electrons. The van der Waals surface area contributed by atoms with Crippen molar-refractivity contribution < 1.29 is 9.72 Å². The molecule has 1 heterocycles. The van der Waals surface area contributed by atoms with Gasteiger partial charge in [-0.1, -0.05) is 28.1 Å². The molecule has 136 valence electrons. The third-order valence-electron chi connectivity index (χ3n) is 4.08. The second-order valence-electron chi connectivity index (χ2n) is 5.95. The lowest BCUT2D eigenvalue weighted by molar-refractivity contribution is -0.385. The van der Waals surface area contributed by atoms with Crippen molar-refractivity contribution in [1.82, 2.24) is 4.98 Å². The van der Waals surface area contributed by atoms with Crippen LogP contribution in [0.4, 0.5) is 11.4 Å². The van der Waals surface area contributed by atoms with Gasteiger partial charge in [-0.2, -0.15) is 0 Å². The van der Waals surface area contributed by atoms with Crippen LogP contribution in [0.3, 0.4) is 0 Å². The molecule has 27 heavy (non-hydrogen) atoms. The first kappa shape index (κ1) is 18.7. The van der Waals surface area contributed by atoms with Crippen molar-refractivity contribution in [3.05, 3.63) is 98.3 Å². The molecule has 0 unspecified atom stereocenters. The lowest BCUT2D eigenvalue weighted by atomic mass is 10.1. The standard InChI is InChI=1S/C20H16BrN3O3/c1-14-5-6-15(12-19(14)24(26)27)20(25)23(13-17-4-2-3-11-22-17)18-9-7-16(21)8-10-18/h2-12H,13H2,1H3. The summed E-state index contributed by atoms with van der Waals surface area (Å²) in [4.78, 5) is 29.8. The second kappa shape index (κ2) is 8.09. The van der Waals surface area contributed by atoms with Crippen LogP contribution in [0, 0.1) is 17.0 Å². The molecule has 0 aliphatic carbocycles. The van der Waals surface area contributed by atoms with Crippen LogP contribution in [0.25, 0.3) is 0 Å². The lowest BCUT2D eigenvalue weighted by Crippen LogP contribution is -2.30. The number of carbonyl (C=O) groups excluding carboxylic acids is 1. The molecule has 0 atom stereocenters.